The fraction of sp³-hybridized carbons (Fsp3) is 0.0400. The van der Waals surface area contributed by atoms with Crippen molar-refractivity contribution in [2.24, 2.45) is 0 Å². The number of aromatic hydroxyl groups is 1. The van der Waals surface area contributed by atoms with E-state index < -0.39 is 46.8 Å². The van der Waals surface area contributed by atoms with Gasteiger partial charge < -0.3 is 9.84 Å². The number of phenols is 1. The maximum Gasteiger partial charge on any atom is 0.573 e. The zero-order chi connectivity index (χ0) is 25.5. The Labute approximate surface area is 192 Å². The minimum Gasteiger partial charge on any atom is -0.508 e. The van der Waals surface area contributed by atoms with E-state index in [1.807, 2.05) is 0 Å². The number of alkyl halides is 3. The van der Waals surface area contributed by atoms with Gasteiger partial charge in [-0.15, -0.1) is 13.2 Å². The Morgan fingerprint density at radius 1 is 0.543 bits per heavy atom. The van der Waals surface area contributed by atoms with Crippen LogP contribution in [0.3, 0.4) is 0 Å². The van der Waals surface area contributed by atoms with Crippen molar-refractivity contribution >= 4 is 0 Å². The van der Waals surface area contributed by atoms with Gasteiger partial charge in [0.1, 0.15) is 29.0 Å². The van der Waals surface area contributed by atoms with E-state index in [-0.39, 0.29) is 33.6 Å². The van der Waals surface area contributed by atoms with Crippen molar-refractivity contribution < 1.29 is 45.0 Å². The molecule has 0 amide bonds. The van der Waals surface area contributed by atoms with Gasteiger partial charge >= 0.3 is 6.36 Å². The number of rotatable bonds is 4. The minimum absolute atomic E-state index is 0.139. The Morgan fingerprint density at radius 2 is 1.06 bits per heavy atom. The third-order valence-electron chi connectivity index (χ3n) is 5.03. The molecule has 0 aromatic heterocycles. The van der Waals surface area contributed by atoms with Gasteiger partial charge in [0, 0.05) is 17.2 Å². The summed E-state index contributed by atoms with van der Waals surface area (Å²) in [5, 5.41) is 9.29. The van der Waals surface area contributed by atoms with Crippen LogP contribution < -0.4 is 4.74 Å². The van der Waals surface area contributed by atoms with Crippen molar-refractivity contribution in [1.29, 1.82) is 0 Å². The lowest BCUT2D eigenvalue weighted by atomic mass is 9.96. The van der Waals surface area contributed by atoms with Crippen LogP contribution in [0.5, 0.6) is 11.5 Å². The number of hydrogen-bond acceptors (Lipinski definition) is 2. The van der Waals surface area contributed by atoms with Gasteiger partial charge in [0.05, 0.1) is 5.56 Å². The SMILES string of the molecule is Oc1ccc(-c2cc(F)c(-c3ccc(-c4ccc(OC(F)(F)F)c(F)c4)c(F)c3)c(F)c2)c(F)c1. The summed E-state index contributed by atoms with van der Waals surface area (Å²) in [6.07, 6.45) is -5.12. The van der Waals surface area contributed by atoms with E-state index >= 15 is 0 Å². The monoisotopic (exact) mass is 496 g/mol. The molecule has 10 heteroatoms. The lowest BCUT2D eigenvalue weighted by Gasteiger charge is -2.13. The largest absolute Gasteiger partial charge is 0.573 e. The minimum atomic E-state index is -5.12. The Morgan fingerprint density at radius 3 is 1.63 bits per heavy atom. The molecule has 0 aliphatic heterocycles. The molecule has 4 aromatic carbocycles. The molecule has 35 heavy (non-hydrogen) atoms. The standard InChI is InChI=1S/C25H12F8O2/c26-18-8-13(1-4-16(18)12-2-6-23(20(28)7-12)35-25(31,32)33)24-21(29)9-14(10-22(24)30)17-5-3-15(34)11-19(17)27/h1-11,34H. The molecule has 0 bridgehead atoms. The van der Waals surface area contributed by atoms with Gasteiger partial charge in [0.2, 0.25) is 0 Å². The molecule has 0 fully saturated rings. The van der Waals surface area contributed by atoms with E-state index in [9.17, 15) is 40.2 Å². The van der Waals surface area contributed by atoms with Crippen molar-refractivity contribution in [2.45, 2.75) is 6.36 Å². The summed E-state index contributed by atoms with van der Waals surface area (Å²) >= 11 is 0. The third kappa shape index (κ3) is 5.06. The number of halogens is 8. The van der Waals surface area contributed by atoms with Crippen molar-refractivity contribution in [1.82, 2.24) is 0 Å². The summed E-state index contributed by atoms with van der Waals surface area (Å²) in [5.41, 5.74) is -1.55. The molecule has 180 valence electrons. The van der Waals surface area contributed by atoms with Crippen LogP contribution in [0.4, 0.5) is 35.1 Å². The van der Waals surface area contributed by atoms with Crippen LogP contribution in [-0.2, 0) is 0 Å². The second kappa shape index (κ2) is 8.94. The Balaban J connectivity index is 1.69. The second-order valence-corrected chi connectivity index (χ2v) is 7.37. The molecule has 1 N–H and O–H groups in total. The fourth-order valence-corrected chi connectivity index (χ4v) is 3.52. The predicted molar refractivity (Wildman–Crippen MR) is 111 cm³/mol. The van der Waals surface area contributed by atoms with Crippen molar-refractivity contribution in [3.63, 3.8) is 0 Å². The maximum absolute atomic E-state index is 14.8. The molecular weight excluding hydrogens is 484 g/mol. The molecule has 0 aliphatic rings. The fourth-order valence-electron chi connectivity index (χ4n) is 3.52. The number of phenolic OH excluding ortho intramolecular Hbond substituents is 1. The van der Waals surface area contributed by atoms with Gasteiger partial charge in [-0.1, -0.05) is 18.2 Å². The molecule has 0 saturated carbocycles. The Hall–Kier alpha value is -4.08. The predicted octanol–water partition coefficient (Wildman–Crippen LogP) is 7.99. The van der Waals surface area contributed by atoms with E-state index in [0.29, 0.717) is 12.1 Å². The summed E-state index contributed by atoms with van der Waals surface area (Å²) in [4.78, 5) is 0. The number of hydrogen-bond donors (Lipinski definition) is 1. The van der Waals surface area contributed by atoms with Crippen LogP contribution in [-0.4, -0.2) is 11.5 Å². The summed E-state index contributed by atoms with van der Waals surface area (Å²) in [6.45, 7) is 0. The average molecular weight is 496 g/mol. The molecule has 0 heterocycles. The molecule has 2 nitrogen and oxygen atoms in total. The van der Waals surface area contributed by atoms with Gasteiger partial charge in [-0.25, -0.2) is 22.0 Å². The first-order valence-corrected chi connectivity index (χ1v) is 9.76. The normalized spacial score (nSPS) is 11.5. The summed E-state index contributed by atoms with van der Waals surface area (Å²) in [6, 6.07) is 10.0. The first kappa shape index (κ1) is 24.1. The van der Waals surface area contributed by atoms with Crippen LogP contribution in [0, 0.1) is 29.1 Å². The van der Waals surface area contributed by atoms with Gasteiger partial charge in [-0.05, 0) is 59.2 Å². The van der Waals surface area contributed by atoms with E-state index in [0.717, 1.165) is 54.6 Å². The van der Waals surface area contributed by atoms with Crippen LogP contribution in [0.2, 0.25) is 0 Å². The summed E-state index contributed by atoms with van der Waals surface area (Å²) in [7, 11) is 0. The van der Waals surface area contributed by atoms with Crippen LogP contribution in [0.25, 0.3) is 33.4 Å². The number of ether oxygens (including phenoxy) is 1. The molecule has 4 rings (SSSR count). The molecule has 4 aromatic rings. The average Bonchev–Trinajstić information content (AvgIpc) is 2.74. The lowest BCUT2D eigenvalue weighted by Crippen LogP contribution is -2.17. The maximum atomic E-state index is 14.8. The summed E-state index contributed by atoms with van der Waals surface area (Å²) in [5.74, 6) is -7.06. The zero-order valence-electron chi connectivity index (χ0n) is 17.2. The molecular formula is C25H12F8O2. The molecule has 0 saturated heterocycles. The molecule has 0 spiro atoms. The quantitative estimate of drug-likeness (QED) is 0.290. The van der Waals surface area contributed by atoms with E-state index in [1.165, 1.54) is 0 Å². The first-order valence-electron chi connectivity index (χ1n) is 9.76. The van der Waals surface area contributed by atoms with E-state index in [4.69, 9.17) is 0 Å². The Kier molecular flexibility index (Phi) is 6.14. The van der Waals surface area contributed by atoms with Crippen LogP contribution in [0.15, 0.2) is 66.7 Å². The van der Waals surface area contributed by atoms with E-state index in [2.05, 4.69) is 4.74 Å². The molecule has 0 aliphatic carbocycles. The number of benzene rings is 4. The van der Waals surface area contributed by atoms with E-state index in [1.54, 1.807) is 0 Å². The van der Waals surface area contributed by atoms with Gasteiger partial charge in [-0.2, -0.15) is 0 Å². The first-order chi connectivity index (χ1) is 16.4. The van der Waals surface area contributed by atoms with Crippen molar-refractivity contribution in [3.8, 4) is 44.9 Å². The molecule has 0 atom stereocenters. The second-order valence-electron chi connectivity index (χ2n) is 7.37. The highest BCUT2D eigenvalue weighted by molar-refractivity contribution is 5.75. The molecule has 0 radical (unpaired) electrons. The topological polar surface area (TPSA) is 29.5 Å². The van der Waals surface area contributed by atoms with Crippen molar-refractivity contribution in [3.05, 3.63) is 95.8 Å². The highest BCUT2D eigenvalue weighted by atomic mass is 19.4. The molecule has 0 unspecified atom stereocenters. The van der Waals surface area contributed by atoms with Gasteiger partial charge in [-0.3, -0.25) is 0 Å². The lowest BCUT2D eigenvalue weighted by molar-refractivity contribution is -0.275. The van der Waals surface area contributed by atoms with Crippen molar-refractivity contribution in [2.75, 3.05) is 0 Å². The third-order valence-corrected chi connectivity index (χ3v) is 5.03. The van der Waals surface area contributed by atoms with Crippen LogP contribution >= 0.6 is 0 Å². The summed E-state index contributed by atoms with van der Waals surface area (Å²) < 4.78 is 113. The zero-order valence-corrected chi connectivity index (χ0v) is 17.2. The van der Waals surface area contributed by atoms with Gasteiger partial charge in [0.15, 0.2) is 11.6 Å². The Bertz CT molecular complexity index is 1410. The smallest absolute Gasteiger partial charge is 0.508 e. The highest BCUT2D eigenvalue weighted by Gasteiger charge is 2.32. The van der Waals surface area contributed by atoms with Crippen LogP contribution in [0.1, 0.15) is 0 Å². The van der Waals surface area contributed by atoms with Gasteiger partial charge in [0.25, 0.3) is 0 Å². The highest BCUT2D eigenvalue weighted by Crippen LogP contribution is 2.36.